The van der Waals surface area contributed by atoms with Gasteiger partial charge >= 0.3 is 0 Å². The molecule has 0 amide bonds. The number of aryl methyl sites for hydroxylation is 1. The summed E-state index contributed by atoms with van der Waals surface area (Å²) in [4.78, 5) is 0.236. The van der Waals surface area contributed by atoms with E-state index in [-0.39, 0.29) is 11.4 Å². The zero-order chi connectivity index (χ0) is 12.3. The molecule has 1 aromatic carbocycles. The third kappa shape index (κ3) is 2.92. The van der Waals surface area contributed by atoms with E-state index in [4.69, 9.17) is 4.52 Å². The molecule has 0 spiro atoms. The van der Waals surface area contributed by atoms with Crippen LogP contribution in [0.15, 0.2) is 45.8 Å². The molecule has 17 heavy (non-hydrogen) atoms. The van der Waals surface area contributed by atoms with Crippen LogP contribution in [0.25, 0.3) is 0 Å². The maximum atomic E-state index is 11.8. The molecule has 90 valence electrons. The molecule has 1 heterocycles. The molecule has 0 radical (unpaired) electrons. The molecule has 0 aliphatic rings. The lowest BCUT2D eigenvalue weighted by molar-refractivity contribution is 0.390. The highest BCUT2D eigenvalue weighted by molar-refractivity contribution is 7.89. The first-order valence-corrected chi connectivity index (χ1v) is 6.53. The van der Waals surface area contributed by atoms with Gasteiger partial charge in [0, 0.05) is 6.07 Å². The van der Waals surface area contributed by atoms with E-state index in [1.165, 1.54) is 12.1 Å². The Morgan fingerprint density at radius 1 is 1.29 bits per heavy atom. The van der Waals surface area contributed by atoms with Crippen LogP contribution < -0.4 is 4.72 Å². The Kier molecular flexibility index (Phi) is 3.26. The van der Waals surface area contributed by atoms with Gasteiger partial charge in [0.15, 0.2) is 0 Å². The van der Waals surface area contributed by atoms with Crippen molar-refractivity contribution in [2.45, 2.75) is 18.4 Å². The van der Waals surface area contributed by atoms with Crippen LogP contribution in [0.5, 0.6) is 0 Å². The number of nitrogens with one attached hydrogen (secondary N) is 1. The Hall–Kier alpha value is -1.66. The second kappa shape index (κ2) is 4.68. The zero-order valence-electron chi connectivity index (χ0n) is 9.25. The average Bonchev–Trinajstić information content (AvgIpc) is 2.74. The summed E-state index contributed by atoms with van der Waals surface area (Å²) in [5.41, 5.74) is 0.557. The van der Waals surface area contributed by atoms with Crippen LogP contribution in [0, 0.1) is 6.92 Å². The van der Waals surface area contributed by atoms with E-state index in [1.54, 1.807) is 31.2 Å². The van der Waals surface area contributed by atoms with Crippen molar-refractivity contribution >= 4 is 10.0 Å². The van der Waals surface area contributed by atoms with Crippen molar-refractivity contribution in [3.05, 3.63) is 47.9 Å². The molecule has 2 aromatic rings. The van der Waals surface area contributed by atoms with Gasteiger partial charge in [-0.1, -0.05) is 23.4 Å². The molecular formula is C11H12N2O3S. The first-order valence-electron chi connectivity index (χ1n) is 5.05. The molecule has 6 heteroatoms. The first-order chi connectivity index (χ1) is 8.08. The van der Waals surface area contributed by atoms with Gasteiger partial charge in [-0.3, -0.25) is 0 Å². The monoisotopic (exact) mass is 252 g/mol. The summed E-state index contributed by atoms with van der Waals surface area (Å²) < 4.78 is 31.0. The van der Waals surface area contributed by atoms with E-state index in [1.807, 2.05) is 0 Å². The van der Waals surface area contributed by atoms with E-state index in [0.717, 1.165) is 0 Å². The van der Waals surface area contributed by atoms with Gasteiger partial charge in [-0.2, -0.15) is 0 Å². The Bertz CT molecular complexity index is 590. The summed E-state index contributed by atoms with van der Waals surface area (Å²) in [5, 5.41) is 3.71. The molecule has 1 aromatic heterocycles. The quantitative estimate of drug-likeness (QED) is 0.894. The van der Waals surface area contributed by atoms with E-state index < -0.39 is 10.0 Å². The highest BCUT2D eigenvalue weighted by Crippen LogP contribution is 2.08. The van der Waals surface area contributed by atoms with Crippen LogP contribution >= 0.6 is 0 Å². The third-order valence-electron chi connectivity index (χ3n) is 2.17. The van der Waals surface area contributed by atoms with Crippen molar-refractivity contribution in [3.8, 4) is 0 Å². The summed E-state index contributed by atoms with van der Waals surface area (Å²) in [6.07, 6.45) is 0. The minimum Gasteiger partial charge on any atom is -0.361 e. The molecule has 0 fully saturated rings. The maximum absolute atomic E-state index is 11.8. The van der Waals surface area contributed by atoms with E-state index in [0.29, 0.717) is 11.5 Å². The maximum Gasteiger partial charge on any atom is 0.240 e. The molecule has 0 aliphatic heterocycles. The molecule has 0 saturated heterocycles. The van der Waals surface area contributed by atoms with Gasteiger partial charge in [0.1, 0.15) is 5.76 Å². The molecule has 1 N–H and O–H groups in total. The second-order valence-electron chi connectivity index (χ2n) is 3.57. The smallest absolute Gasteiger partial charge is 0.240 e. The van der Waals surface area contributed by atoms with E-state index in [2.05, 4.69) is 9.88 Å². The number of hydrogen-bond donors (Lipinski definition) is 1. The summed E-state index contributed by atoms with van der Waals surface area (Å²) in [6, 6.07) is 9.88. The largest absolute Gasteiger partial charge is 0.361 e. The van der Waals surface area contributed by atoms with Gasteiger partial charge in [0.2, 0.25) is 10.0 Å². The molecule has 0 saturated carbocycles. The lowest BCUT2D eigenvalue weighted by Gasteiger charge is -2.04. The lowest BCUT2D eigenvalue weighted by atomic mass is 10.4. The van der Waals surface area contributed by atoms with Gasteiger partial charge in [-0.25, -0.2) is 13.1 Å². The van der Waals surface area contributed by atoms with Crippen molar-refractivity contribution in [1.29, 1.82) is 0 Å². The normalized spacial score (nSPS) is 11.6. The first kappa shape index (κ1) is 11.8. The van der Waals surface area contributed by atoms with Gasteiger partial charge < -0.3 is 4.52 Å². The standard InChI is InChI=1S/C11H12N2O3S/c1-9-7-10(13-16-9)8-12-17(14,15)11-5-3-2-4-6-11/h2-7,12H,8H2,1H3. The highest BCUT2D eigenvalue weighted by Gasteiger charge is 2.13. The summed E-state index contributed by atoms with van der Waals surface area (Å²) in [7, 11) is -3.48. The fourth-order valence-electron chi connectivity index (χ4n) is 1.35. The summed E-state index contributed by atoms with van der Waals surface area (Å²) in [6.45, 7) is 1.87. The molecule has 0 bridgehead atoms. The van der Waals surface area contributed by atoms with Crippen molar-refractivity contribution in [1.82, 2.24) is 9.88 Å². The highest BCUT2D eigenvalue weighted by atomic mass is 32.2. The molecule has 0 aliphatic carbocycles. The predicted molar refractivity (Wildman–Crippen MR) is 61.7 cm³/mol. The third-order valence-corrected chi connectivity index (χ3v) is 3.59. The minimum absolute atomic E-state index is 0.120. The zero-order valence-corrected chi connectivity index (χ0v) is 10.1. The Labute approximate surface area is 99.5 Å². The Morgan fingerprint density at radius 3 is 2.59 bits per heavy atom. The van der Waals surface area contributed by atoms with Crippen molar-refractivity contribution < 1.29 is 12.9 Å². The number of nitrogens with zero attached hydrogens (tertiary/aromatic N) is 1. The van der Waals surface area contributed by atoms with Gasteiger partial charge in [0.05, 0.1) is 17.1 Å². The van der Waals surface area contributed by atoms with E-state index >= 15 is 0 Å². The fraction of sp³-hybridized carbons (Fsp3) is 0.182. The summed E-state index contributed by atoms with van der Waals surface area (Å²) >= 11 is 0. The number of rotatable bonds is 4. The molecule has 0 unspecified atom stereocenters. The van der Waals surface area contributed by atoms with Crippen LogP contribution in [0.4, 0.5) is 0 Å². The van der Waals surface area contributed by atoms with E-state index in [9.17, 15) is 8.42 Å². The van der Waals surface area contributed by atoms with Gasteiger partial charge in [-0.05, 0) is 19.1 Å². The van der Waals surface area contributed by atoms with Gasteiger partial charge in [0.25, 0.3) is 0 Å². The molecule has 0 atom stereocenters. The van der Waals surface area contributed by atoms with Crippen molar-refractivity contribution in [2.24, 2.45) is 0 Å². The van der Waals surface area contributed by atoms with Crippen LogP contribution in [0.1, 0.15) is 11.5 Å². The van der Waals surface area contributed by atoms with Gasteiger partial charge in [-0.15, -0.1) is 0 Å². The van der Waals surface area contributed by atoms with Crippen molar-refractivity contribution in [2.75, 3.05) is 0 Å². The van der Waals surface area contributed by atoms with Crippen LogP contribution in [-0.4, -0.2) is 13.6 Å². The Balaban J connectivity index is 2.09. The van der Waals surface area contributed by atoms with Crippen LogP contribution in [0.2, 0.25) is 0 Å². The number of hydrogen-bond acceptors (Lipinski definition) is 4. The predicted octanol–water partition coefficient (Wildman–Crippen LogP) is 1.46. The molecular weight excluding hydrogens is 240 g/mol. The molecule has 2 rings (SSSR count). The van der Waals surface area contributed by atoms with Crippen LogP contribution in [-0.2, 0) is 16.6 Å². The molecule has 5 nitrogen and oxygen atoms in total. The van der Waals surface area contributed by atoms with Crippen molar-refractivity contribution in [3.63, 3.8) is 0 Å². The average molecular weight is 252 g/mol. The second-order valence-corrected chi connectivity index (χ2v) is 5.33. The minimum atomic E-state index is -3.48. The topological polar surface area (TPSA) is 72.2 Å². The number of benzene rings is 1. The fourth-order valence-corrected chi connectivity index (χ4v) is 2.37. The number of aromatic nitrogens is 1. The number of sulfonamides is 1. The summed E-state index contributed by atoms with van der Waals surface area (Å²) in [5.74, 6) is 0.652. The lowest BCUT2D eigenvalue weighted by Crippen LogP contribution is -2.23. The SMILES string of the molecule is Cc1cc(CNS(=O)(=O)c2ccccc2)no1. The van der Waals surface area contributed by atoms with Crippen LogP contribution in [0.3, 0.4) is 0 Å². The Morgan fingerprint density at radius 2 is 2.00 bits per heavy atom.